The van der Waals surface area contributed by atoms with Crippen LogP contribution < -0.4 is 5.73 Å². The molecule has 1 unspecified atom stereocenters. The van der Waals surface area contributed by atoms with E-state index in [1.807, 2.05) is 0 Å². The van der Waals surface area contributed by atoms with E-state index in [0.717, 1.165) is 0 Å². The summed E-state index contributed by atoms with van der Waals surface area (Å²) in [6, 6.07) is 5.60. The van der Waals surface area contributed by atoms with Crippen molar-refractivity contribution < 1.29 is 18.7 Å². The van der Waals surface area contributed by atoms with Crippen molar-refractivity contribution in [2.24, 2.45) is 5.73 Å². The molecule has 0 saturated heterocycles. The molecular formula is C11H14ClF2NO2. The highest BCUT2D eigenvalue weighted by molar-refractivity contribution is 5.85. The third kappa shape index (κ3) is 4.66. The lowest BCUT2D eigenvalue weighted by Crippen LogP contribution is -2.16. The van der Waals surface area contributed by atoms with Gasteiger partial charge in [0.05, 0.1) is 6.42 Å². The fraction of sp³-hybridized carbons (Fsp3) is 0.364. The number of carbonyl (C=O) groups is 1. The first kappa shape index (κ1) is 15.8. The predicted molar refractivity (Wildman–Crippen MR) is 62.7 cm³/mol. The summed E-state index contributed by atoms with van der Waals surface area (Å²) >= 11 is 0. The smallest absolute Gasteiger partial charge is 0.304 e. The summed E-state index contributed by atoms with van der Waals surface area (Å²) in [6.07, 6.45) is -2.60. The summed E-state index contributed by atoms with van der Waals surface area (Å²) in [6.45, 7) is 0.181. The van der Waals surface area contributed by atoms with Crippen molar-refractivity contribution >= 4 is 18.4 Å². The number of hydrogen-bond donors (Lipinski definition) is 2. The Balaban J connectivity index is 0.00000256. The molecule has 0 bridgehead atoms. The molecule has 0 aliphatic carbocycles. The normalized spacial score (nSPS) is 12.0. The summed E-state index contributed by atoms with van der Waals surface area (Å²) in [7, 11) is 0. The van der Waals surface area contributed by atoms with Crippen LogP contribution in [0.4, 0.5) is 8.78 Å². The van der Waals surface area contributed by atoms with Crippen molar-refractivity contribution in [2.75, 3.05) is 6.54 Å². The Morgan fingerprint density at radius 2 is 1.71 bits per heavy atom. The second-order valence-corrected chi connectivity index (χ2v) is 3.50. The van der Waals surface area contributed by atoms with Crippen LogP contribution in [0.2, 0.25) is 0 Å². The van der Waals surface area contributed by atoms with Gasteiger partial charge in [0.25, 0.3) is 6.43 Å². The van der Waals surface area contributed by atoms with Crippen molar-refractivity contribution in [3.8, 4) is 0 Å². The number of halogens is 3. The molecule has 0 aliphatic heterocycles. The van der Waals surface area contributed by atoms with Crippen molar-refractivity contribution in [1.29, 1.82) is 0 Å². The highest BCUT2D eigenvalue weighted by Gasteiger charge is 2.14. The molecule has 0 fully saturated rings. The second-order valence-electron chi connectivity index (χ2n) is 3.50. The quantitative estimate of drug-likeness (QED) is 0.860. The van der Waals surface area contributed by atoms with Crippen LogP contribution >= 0.6 is 12.4 Å². The van der Waals surface area contributed by atoms with Gasteiger partial charge in [-0.1, -0.05) is 24.3 Å². The van der Waals surface area contributed by atoms with E-state index in [2.05, 4.69) is 0 Å². The lowest BCUT2D eigenvalue weighted by atomic mass is 9.95. The molecule has 6 heteroatoms. The number of alkyl halides is 2. The van der Waals surface area contributed by atoms with Gasteiger partial charge in [-0.25, -0.2) is 8.78 Å². The van der Waals surface area contributed by atoms with Gasteiger partial charge in [-0.15, -0.1) is 12.4 Å². The van der Waals surface area contributed by atoms with E-state index in [9.17, 15) is 13.6 Å². The lowest BCUT2D eigenvalue weighted by Gasteiger charge is -2.13. The Morgan fingerprint density at radius 1 is 1.24 bits per heavy atom. The van der Waals surface area contributed by atoms with E-state index in [1.54, 1.807) is 0 Å². The van der Waals surface area contributed by atoms with E-state index in [1.165, 1.54) is 24.3 Å². The largest absolute Gasteiger partial charge is 0.481 e. The minimum atomic E-state index is -2.51. The summed E-state index contributed by atoms with van der Waals surface area (Å²) in [5.74, 6) is -1.28. The average molecular weight is 266 g/mol. The summed E-state index contributed by atoms with van der Waals surface area (Å²) in [5.41, 5.74) is 6.04. The zero-order valence-electron chi connectivity index (χ0n) is 8.98. The first-order chi connectivity index (χ1) is 7.54. The van der Waals surface area contributed by atoms with Gasteiger partial charge in [-0.05, 0) is 12.1 Å². The molecule has 0 aromatic heterocycles. The third-order valence-electron chi connectivity index (χ3n) is 2.37. The number of nitrogens with two attached hydrogens (primary N) is 1. The Morgan fingerprint density at radius 3 is 2.06 bits per heavy atom. The van der Waals surface area contributed by atoms with E-state index in [-0.39, 0.29) is 36.9 Å². The molecule has 0 aliphatic rings. The standard InChI is InChI=1S/C11H13F2NO2.ClH/c12-11(13)8-3-1-7(2-4-8)9(6-14)5-10(15)16;/h1-4,9,11H,5-6,14H2,(H,15,16);1H. The number of hydrogen-bond acceptors (Lipinski definition) is 2. The molecular weight excluding hydrogens is 252 g/mol. The highest BCUT2D eigenvalue weighted by atomic mass is 35.5. The van der Waals surface area contributed by atoms with Gasteiger partial charge >= 0.3 is 5.97 Å². The minimum absolute atomic E-state index is 0. The van der Waals surface area contributed by atoms with Gasteiger partial charge in [0.1, 0.15) is 0 Å². The van der Waals surface area contributed by atoms with Crippen LogP contribution in [-0.4, -0.2) is 17.6 Å². The maximum absolute atomic E-state index is 12.3. The van der Waals surface area contributed by atoms with Crippen molar-refractivity contribution in [3.05, 3.63) is 35.4 Å². The van der Waals surface area contributed by atoms with E-state index in [0.29, 0.717) is 5.56 Å². The van der Waals surface area contributed by atoms with E-state index in [4.69, 9.17) is 10.8 Å². The molecule has 0 amide bonds. The molecule has 1 rings (SSSR count). The molecule has 96 valence electrons. The number of rotatable bonds is 5. The van der Waals surface area contributed by atoms with Crippen LogP contribution in [0, 0.1) is 0 Å². The first-order valence-corrected chi connectivity index (χ1v) is 4.84. The number of carboxylic acid groups (broad SMARTS) is 1. The van der Waals surface area contributed by atoms with Crippen molar-refractivity contribution in [2.45, 2.75) is 18.8 Å². The molecule has 3 N–H and O–H groups in total. The Bertz CT molecular complexity index is 357. The third-order valence-corrected chi connectivity index (χ3v) is 2.37. The Hall–Kier alpha value is -1.20. The van der Waals surface area contributed by atoms with Crippen LogP contribution in [0.1, 0.15) is 29.9 Å². The van der Waals surface area contributed by atoms with Gasteiger partial charge in [-0.3, -0.25) is 4.79 Å². The molecule has 1 aromatic rings. The molecule has 0 heterocycles. The fourth-order valence-electron chi connectivity index (χ4n) is 1.46. The zero-order chi connectivity index (χ0) is 12.1. The first-order valence-electron chi connectivity index (χ1n) is 4.84. The minimum Gasteiger partial charge on any atom is -0.481 e. The van der Waals surface area contributed by atoms with Gasteiger partial charge in [0.2, 0.25) is 0 Å². The maximum Gasteiger partial charge on any atom is 0.304 e. The number of benzene rings is 1. The summed E-state index contributed by atoms with van der Waals surface area (Å²) in [4.78, 5) is 10.5. The Kier molecular flexibility index (Phi) is 6.68. The molecule has 0 radical (unpaired) electrons. The van der Waals surface area contributed by atoms with Crippen LogP contribution in [0.15, 0.2) is 24.3 Å². The zero-order valence-corrected chi connectivity index (χ0v) is 9.79. The Labute approximate surface area is 104 Å². The number of aliphatic carboxylic acids is 1. The SMILES string of the molecule is Cl.NCC(CC(=O)O)c1ccc(C(F)F)cc1. The molecule has 1 atom stereocenters. The monoisotopic (exact) mass is 265 g/mol. The van der Waals surface area contributed by atoms with Gasteiger partial charge in [-0.2, -0.15) is 0 Å². The molecule has 17 heavy (non-hydrogen) atoms. The summed E-state index contributed by atoms with van der Waals surface area (Å²) < 4.78 is 24.5. The van der Waals surface area contributed by atoms with Crippen LogP contribution in [-0.2, 0) is 4.79 Å². The molecule has 1 aromatic carbocycles. The number of carboxylic acids is 1. The maximum atomic E-state index is 12.3. The van der Waals surface area contributed by atoms with Crippen molar-refractivity contribution in [1.82, 2.24) is 0 Å². The second kappa shape index (κ2) is 7.19. The van der Waals surface area contributed by atoms with E-state index >= 15 is 0 Å². The lowest BCUT2D eigenvalue weighted by molar-refractivity contribution is -0.137. The molecule has 0 saturated carbocycles. The average Bonchev–Trinajstić information content (AvgIpc) is 2.25. The van der Waals surface area contributed by atoms with Crippen molar-refractivity contribution in [3.63, 3.8) is 0 Å². The summed E-state index contributed by atoms with van der Waals surface area (Å²) in [5, 5.41) is 8.64. The highest BCUT2D eigenvalue weighted by Crippen LogP contribution is 2.23. The fourth-order valence-corrected chi connectivity index (χ4v) is 1.46. The van der Waals surface area contributed by atoms with Gasteiger partial charge < -0.3 is 10.8 Å². The van der Waals surface area contributed by atoms with Gasteiger partial charge in [0, 0.05) is 11.5 Å². The van der Waals surface area contributed by atoms with E-state index < -0.39 is 12.4 Å². The predicted octanol–water partition coefficient (Wildman–Crippen LogP) is 2.56. The van der Waals surface area contributed by atoms with Crippen LogP contribution in [0.3, 0.4) is 0 Å². The topological polar surface area (TPSA) is 63.3 Å². The van der Waals surface area contributed by atoms with Crippen LogP contribution in [0.25, 0.3) is 0 Å². The molecule has 3 nitrogen and oxygen atoms in total. The van der Waals surface area contributed by atoms with Crippen LogP contribution in [0.5, 0.6) is 0 Å². The van der Waals surface area contributed by atoms with Gasteiger partial charge in [0.15, 0.2) is 0 Å². The molecule has 0 spiro atoms.